The molecule has 0 bridgehead atoms. The summed E-state index contributed by atoms with van der Waals surface area (Å²) < 4.78 is 19.7. The molecule has 1 amide bonds. The summed E-state index contributed by atoms with van der Waals surface area (Å²) in [5.74, 6) is -1.54. The summed E-state index contributed by atoms with van der Waals surface area (Å²) in [6, 6.07) is 6.17. The zero-order valence-corrected chi connectivity index (χ0v) is 17.1. The Hall–Kier alpha value is -2.44. The van der Waals surface area contributed by atoms with Crippen molar-refractivity contribution in [1.29, 1.82) is 0 Å². The normalized spacial score (nSPS) is 11.8. The Kier molecular flexibility index (Phi) is 7.16. The number of esters is 1. The molecule has 0 fully saturated rings. The molecule has 0 aliphatic rings. The number of benzene rings is 2. The van der Waals surface area contributed by atoms with Crippen molar-refractivity contribution >= 4 is 23.5 Å². The molecule has 2 aromatic rings. The van der Waals surface area contributed by atoms with E-state index in [1.807, 2.05) is 26.0 Å². The summed E-state index contributed by atoms with van der Waals surface area (Å²) in [4.78, 5) is 23.7. The maximum atomic E-state index is 15.0. The molecular weight excluding hydrogens is 383 g/mol. The Labute approximate surface area is 169 Å². The largest absolute Gasteiger partial charge is 0.469 e. The lowest BCUT2D eigenvalue weighted by molar-refractivity contribution is -0.141. The Balaban J connectivity index is 2.63. The number of aryl methyl sites for hydroxylation is 3. The van der Waals surface area contributed by atoms with Gasteiger partial charge in [0.05, 0.1) is 26.1 Å². The van der Waals surface area contributed by atoms with Gasteiger partial charge in [-0.15, -0.1) is 0 Å². The van der Waals surface area contributed by atoms with Crippen LogP contribution in [0.2, 0.25) is 5.02 Å². The summed E-state index contributed by atoms with van der Waals surface area (Å²) in [5.41, 5.74) is 9.56. The highest BCUT2D eigenvalue weighted by molar-refractivity contribution is 6.30. The first-order valence-corrected chi connectivity index (χ1v) is 9.19. The van der Waals surface area contributed by atoms with Crippen molar-refractivity contribution in [3.8, 4) is 11.1 Å². The number of halogens is 2. The molecular formula is C21H24ClFN2O3. The predicted octanol–water partition coefficient (Wildman–Crippen LogP) is 3.75. The average molecular weight is 407 g/mol. The van der Waals surface area contributed by atoms with Crippen LogP contribution in [-0.4, -0.2) is 25.5 Å². The highest BCUT2D eigenvalue weighted by Crippen LogP contribution is 2.34. The lowest BCUT2D eigenvalue weighted by atomic mass is 9.90. The van der Waals surface area contributed by atoms with Crippen molar-refractivity contribution in [2.75, 3.05) is 13.7 Å². The number of hydrogen-bond donors (Lipinski definition) is 2. The summed E-state index contributed by atoms with van der Waals surface area (Å²) in [6.45, 7) is 5.22. The molecule has 0 spiro atoms. The van der Waals surface area contributed by atoms with Crippen LogP contribution in [0.5, 0.6) is 0 Å². The fourth-order valence-corrected chi connectivity index (χ4v) is 3.63. The molecule has 2 rings (SSSR count). The number of nitrogens with two attached hydrogens (primary N) is 1. The molecule has 1 atom stereocenters. The Morgan fingerprint density at radius 3 is 2.29 bits per heavy atom. The molecule has 2 aromatic carbocycles. The molecule has 3 N–H and O–H groups in total. The fraction of sp³-hybridized carbons (Fsp3) is 0.333. The first kappa shape index (κ1) is 21.9. The molecule has 0 aliphatic heterocycles. The van der Waals surface area contributed by atoms with E-state index in [0.29, 0.717) is 10.6 Å². The second-order valence-electron chi connectivity index (χ2n) is 6.72. The maximum absolute atomic E-state index is 15.0. The van der Waals surface area contributed by atoms with E-state index in [-0.39, 0.29) is 18.5 Å². The second kappa shape index (κ2) is 9.17. The van der Waals surface area contributed by atoms with Crippen LogP contribution < -0.4 is 11.1 Å². The molecule has 0 aromatic heterocycles. The van der Waals surface area contributed by atoms with Crippen LogP contribution in [0.15, 0.2) is 24.3 Å². The van der Waals surface area contributed by atoms with Gasteiger partial charge in [-0.25, -0.2) is 4.39 Å². The number of methoxy groups -OCH3 is 1. The summed E-state index contributed by atoms with van der Waals surface area (Å²) in [5, 5.41) is 3.23. The number of nitrogens with one attached hydrogen (secondary N) is 1. The zero-order valence-electron chi connectivity index (χ0n) is 16.4. The van der Waals surface area contributed by atoms with E-state index in [1.54, 1.807) is 19.1 Å². The van der Waals surface area contributed by atoms with Gasteiger partial charge < -0.3 is 15.8 Å². The van der Waals surface area contributed by atoms with Crippen molar-refractivity contribution in [3.05, 3.63) is 57.4 Å². The summed E-state index contributed by atoms with van der Waals surface area (Å²) in [6.07, 6.45) is -0.208. The minimum atomic E-state index is -0.893. The van der Waals surface area contributed by atoms with E-state index in [4.69, 9.17) is 22.1 Å². The Morgan fingerprint density at radius 1 is 1.14 bits per heavy atom. The number of carbonyl (C=O) groups is 2. The number of rotatable bonds is 6. The number of ether oxygens (including phenoxy) is 1. The maximum Gasteiger partial charge on any atom is 0.307 e. The standard InChI is InChI=1S/C21H24ClFN2O3/c1-11-6-15(22)7-12(2)20(11)14-5-13(3)21(23)16(8-14)17(9-19(27)28-4)25-18(26)10-24/h5-8,17H,9-10,24H2,1-4H3,(H,25,26). The van der Waals surface area contributed by atoms with E-state index < -0.39 is 23.7 Å². The van der Waals surface area contributed by atoms with Gasteiger partial charge in [0.25, 0.3) is 0 Å². The quantitative estimate of drug-likeness (QED) is 0.716. The summed E-state index contributed by atoms with van der Waals surface area (Å²) in [7, 11) is 1.24. The zero-order chi connectivity index (χ0) is 21.0. The molecule has 1 unspecified atom stereocenters. The summed E-state index contributed by atoms with van der Waals surface area (Å²) >= 11 is 6.12. The van der Waals surface area contributed by atoms with E-state index in [1.165, 1.54) is 7.11 Å². The van der Waals surface area contributed by atoms with Crippen molar-refractivity contribution in [3.63, 3.8) is 0 Å². The molecule has 150 valence electrons. The van der Waals surface area contributed by atoms with Gasteiger partial charge in [0, 0.05) is 10.6 Å². The highest BCUT2D eigenvalue weighted by Gasteiger charge is 2.24. The van der Waals surface area contributed by atoms with Gasteiger partial charge in [0.1, 0.15) is 5.82 Å². The molecule has 5 nitrogen and oxygen atoms in total. The van der Waals surface area contributed by atoms with E-state index in [9.17, 15) is 14.0 Å². The van der Waals surface area contributed by atoms with Crippen molar-refractivity contribution in [2.24, 2.45) is 5.73 Å². The van der Waals surface area contributed by atoms with Gasteiger partial charge >= 0.3 is 5.97 Å². The van der Waals surface area contributed by atoms with Gasteiger partial charge in [-0.3, -0.25) is 9.59 Å². The van der Waals surface area contributed by atoms with Crippen LogP contribution >= 0.6 is 11.6 Å². The predicted molar refractivity (Wildman–Crippen MR) is 108 cm³/mol. The molecule has 0 saturated carbocycles. The van der Waals surface area contributed by atoms with Crippen LogP contribution in [-0.2, 0) is 14.3 Å². The third kappa shape index (κ3) is 4.88. The minimum absolute atomic E-state index is 0.205. The Bertz CT molecular complexity index is 874. The van der Waals surface area contributed by atoms with Gasteiger partial charge in [0.15, 0.2) is 0 Å². The van der Waals surface area contributed by atoms with Crippen LogP contribution in [0, 0.1) is 26.6 Å². The third-order valence-electron chi connectivity index (χ3n) is 4.56. The molecule has 7 heteroatoms. The minimum Gasteiger partial charge on any atom is -0.469 e. The smallest absolute Gasteiger partial charge is 0.307 e. The number of carbonyl (C=O) groups excluding carboxylic acids is 2. The topological polar surface area (TPSA) is 81.4 Å². The molecule has 0 aliphatic carbocycles. The van der Waals surface area contributed by atoms with E-state index in [2.05, 4.69) is 5.32 Å². The van der Waals surface area contributed by atoms with Gasteiger partial charge in [0.2, 0.25) is 5.91 Å². The number of amides is 1. The Morgan fingerprint density at radius 2 is 1.75 bits per heavy atom. The first-order chi connectivity index (χ1) is 13.2. The van der Waals surface area contributed by atoms with Crippen LogP contribution in [0.25, 0.3) is 11.1 Å². The third-order valence-corrected chi connectivity index (χ3v) is 4.78. The van der Waals surface area contributed by atoms with Crippen LogP contribution in [0.3, 0.4) is 0 Å². The lowest BCUT2D eigenvalue weighted by Gasteiger charge is -2.21. The van der Waals surface area contributed by atoms with E-state index in [0.717, 1.165) is 22.3 Å². The van der Waals surface area contributed by atoms with E-state index >= 15 is 0 Å². The van der Waals surface area contributed by atoms with Crippen molar-refractivity contribution in [1.82, 2.24) is 5.32 Å². The average Bonchev–Trinajstić information content (AvgIpc) is 2.62. The molecule has 0 radical (unpaired) electrons. The monoisotopic (exact) mass is 406 g/mol. The highest BCUT2D eigenvalue weighted by atomic mass is 35.5. The van der Waals surface area contributed by atoms with Gasteiger partial charge in [-0.1, -0.05) is 11.6 Å². The van der Waals surface area contributed by atoms with Crippen LogP contribution in [0.4, 0.5) is 4.39 Å². The lowest BCUT2D eigenvalue weighted by Crippen LogP contribution is -2.35. The van der Waals surface area contributed by atoms with Crippen molar-refractivity contribution < 1.29 is 18.7 Å². The van der Waals surface area contributed by atoms with Crippen LogP contribution in [0.1, 0.15) is 34.7 Å². The van der Waals surface area contributed by atoms with Crippen molar-refractivity contribution in [2.45, 2.75) is 33.2 Å². The van der Waals surface area contributed by atoms with Gasteiger partial charge in [-0.05, 0) is 72.9 Å². The van der Waals surface area contributed by atoms with Gasteiger partial charge in [-0.2, -0.15) is 0 Å². The fourth-order valence-electron chi connectivity index (χ4n) is 3.30. The molecule has 28 heavy (non-hydrogen) atoms. The second-order valence-corrected chi connectivity index (χ2v) is 7.15. The molecule has 0 saturated heterocycles. The molecule has 0 heterocycles. The SMILES string of the molecule is COC(=O)CC(NC(=O)CN)c1cc(-c2c(C)cc(Cl)cc2C)cc(C)c1F. The number of hydrogen-bond acceptors (Lipinski definition) is 4. The first-order valence-electron chi connectivity index (χ1n) is 8.81.